The molecule has 0 aliphatic heterocycles. The molecule has 2 N–H and O–H groups in total. The van der Waals surface area contributed by atoms with Gasteiger partial charge in [-0.1, -0.05) is 24.9 Å². The van der Waals surface area contributed by atoms with Crippen LogP contribution < -0.4 is 15.4 Å². The molecule has 0 aromatic heterocycles. The van der Waals surface area contributed by atoms with Gasteiger partial charge in [0.15, 0.2) is 0 Å². The van der Waals surface area contributed by atoms with E-state index in [9.17, 15) is 4.79 Å². The smallest absolute Gasteiger partial charge is 0.407 e. The molecule has 1 aromatic carbocycles. The summed E-state index contributed by atoms with van der Waals surface area (Å²) in [6.07, 6.45) is 5.66. The van der Waals surface area contributed by atoms with Gasteiger partial charge in [-0.15, -0.1) is 0 Å². The monoisotopic (exact) mass is 382 g/mol. The Morgan fingerprint density at radius 3 is 2.62 bits per heavy atom. The van der Waals surface area contributed by atoms with Crippen molar-refractivity contribution in [3.63, 3.8) is 0 Å². The number of benzene rings is 1. The maximum atomic E-state index is 11.7. The summed E-state index contributed by atoms with van der Waals surface area (Å²) < 4.78 is 10.8. The topological polar surface area (TPSA) is 59.6 Å². The highest BCUT2D eigenvalue weighted by Crippen LogP contribution is 2.24. The molecule has 1 saturated carbocycles. The van der Waals surface area contributed by atoms with Crippen LogP contribution in [0.4, 0.5) is 4.79 Å². The molecule has 5 nitrogen and oxygen atoms in total. The van der Waals surface area contributed by atoms with Crippen molar-refractivity contribution in [2.24, 2.45) is 0 Å². The molecule has 6 heteroatoms. The first-order chi connectivity index (χ1) is 12.6. The number of carbonyl (C=O) groups is 1. The van der Waals surface area contributed by atoms with Crippen LogP contribution in [0, 0.1) is 0 Å². The van der Waals surface area contributed by atoms with Crippen molar-refractivity contribution in [2.75, 3.05) is 13.2 Å². The largest absolute Gasteiger partial charge is 0.494 e. The minimum atomic E-state index is -0.282. The number of rotatable bonds is 9. The second-order valence-corrected chi connectivity index (χ2v) is 7.18. The Morgan fingerprint density at radius 1 is 1.19 bits per heavy atom. The zero-order valence-electron chi connectivity index (χ0n) is 15.9. The van der Waals surface area contributed by atoms with Crippen LogP contribution >= 0.6 is 11.6 Å². The SMILES string of the molecule is CCCCOC(=O)NC1CCC(NCc2cc(Cl)ccc2OCC)CC1. The first-order valence-electron chi connectivity index (χ1n) is 9.70. The highest BCUT2D eigenvalue weighted by molar-refractivity contribution is 6.30. The summed E-state index contributed by atoms with van der Waals surface area (Å²) in [7, 11) is 0. The number of alkyl carbamates (subject to hydrolysis) is 1. The van der Waals surface area contributed by atoms with E-state index < -0.39 is 0 Å². The third-order valence-corrected chi connectivity index (χ3v) is 4.92. The standard InChI is InChI=1S/C20H31ClN2O3/c1-3-5-12-26-20(24)23-18-9-7-17(8-10-18)22-14-15-13-16(21)6-11-19(15)25-4-2/h6,11,13,17-18,22H,3-5,7-10,12,14H2,1-2H3,(H,23,24). The third kappa shape index (κ3) is 7.04. The van der Waals surface area contributed by atoms with Crippen molar-refractivity contribution in [1.29, 1.82) is 0 Å². The Bertz CT molecular complexity index is 560. The molecule has 1 amide bonds. The molecule has 0 unspecified atom stereocenters. The number of nitrogens with one attached hydrogen (secondary N) is 2. The van der Waals surface area contributed by atoms with E-state index in [-0.39, 0.29) is 12.1 Å². The van der Waals surface area contributed by atoms with E-state index >= 15 is 0 Å². The number of halogens is 1. The lowest BCUT2D eigenvalue weighted by molar-refractivity contribution is 0.136. The van der Waals surface area contributed by atoms with Crippen LogP contribution in [0.3, 0.4) is 0 Å². The lowest BCUT2D eigenvalue weighted by Gasteiger charge is -2.29. The summed E-state index contributed by atoms with van der Waals surface area (Å²) in [5, 5.41) is 7.30. The zero-order valence-corrected chi connectivity index (χ0v) is 16.6. The summed E-state index contributed by atoms with van der Waals surface area (Å²) in [6.45, 7) is 5.93. The van der Waals surface area contributed by atoms with Gasteiger partial charge in [0.1, 0.15) is 5.75 Å². The first-order valence-corrected chi connectivity index (χ1v) is 10.1. The van der Waals surface area contributed by atoms with Crippen molar-refractivity contribution in [3.05, 3.63) is 28.8 Å². The highest BCUT2D eigenvalue weighted by Gasteiger charge is 2.22. The van der Waals surface area contributed by atoms with Crippen LogP contribution in [-0.2, 0) is 11.3 Å². The molecular weight excluding hydrogens is 352 g/mol. The second kappa shape index (κ2) is 11.3. The van der Waals surface area contributed by atoms with E-state index in [1.54, 1.807) is 0 Å². The minimum absolute atomic E-state index is 0.215. The highest BCUT2D eigenvalue weighted by atomic mass is 35.5. The number of unbranched alkanes of at least 4 members (excludes halogenated alkanes) is 1. The molecule has 0 saturated heterocycles. The fourth-order valence-corrected chi connectivity index (χ4v) is 3.39. The quantitative estimate of drug-likeness (QED) is 0.609. The lowest BCUT2D eigenvalue weighted by Crippen LogP contribution is -2.42. The maximum Gasteiger partial charge on any atom is 0.407 e. The predicted molar refractivity (Wildman–Crippen MR) is 105 cm³/mol. The maximum absolute atomic E-state index is 11.7. The summed E-state index contributed by atoms with van der Waals surface area (Å²) in [5.74, 6) is 0.884. The van der Waals surface area contributed by atoms with Gasteiger partial charge in [-0.2, -0.15) is 0 Å². The predicted octanol–water partition coefficient (Wildman–Crippen LogP) is 4.67. The summed E-state index contributed by atoms with van der Waals surface area (Å²) in [4.78, 5) is 11.7. The van der Waals surface area contributed by atoms with Gasteiger partial charge in [0.25, 0.3) is 0 Å². The Morgan fingerprint density at radius 2 is 1.92 bits per heavy atom. The summed E-state index contributed by atoms with van der Waals surface area (Å²) in [5.41, 5.74) is 1.08. The Labute approximate surface area is 161 Å². The zero-order chi connectivity index (χ0) is 18.8. The normalized spacial score (nSPS) is 19.8. The average Bonchev–Trinajstić information content (AvgIpc) is 2.63. The fourth-order valence-electron chi connectivity index (χ4n) is 3.20. The molecule has 1 aromatic rings. The van der Waals surface area contributed by atoms with Gasteiger partial charge in [0.2, 0.25) is 0 Å². The molecule has 146 valence electrons. The van der Waals surface area contributed by atoms with Crippen molar-refractivity contribution in [1.82, 2.24) is 10.6 Å². The van der Waals surface area contributed by atoms with Crippen molar-refractivity contribution in [2.45, 2.75) is 71.0 Å². The molecule has 0 bridgehead atoms. The molecule has 1 fully saturated rings. The van der Waals surface area contributed by atoms with Crippen LogP contribution in [0.25, 0.3) is 0 Å². The van der Waals surface area contributed by atoms with Crippen molar-refractivity contribution in [3.8, 4) is 5.75 Å². The van der Waals surface area contributed by atoms with Crippen molar-refractivity contribution < 1.29 is 14.3 Å². The molecule has 0 radical (unpaired) electrons. The molecule has 0 spiro atoms. The Balaban J connectivity index is 1.72. The minimum Gasteiger partial charge on any atom is -0.494 e. The summed E-state index contributed by atoms with van der Waals surface area (Å²) in [6, 6.07) is 6.39. The van der Waals surface area contributed by atoms with Gasteiger partial charge in [0, 0.05) is 29.2 Å². The molecule has 0 heterocycles. The van der Waals surface area contributed by atoms with Gasteiger partial charge >= 0.3 is 6.09 Å². The van der Waals surface area contributed by atoms with Crippen molar-refractivity contribution >= 4 is 17.7 Å². The fraction of sp³-hybridized carbons (Fsp3) is 0.650. The van der Waals surface area contributed by atoms with Crippen LogP contribution in [0.1, 0.15) is 57.9 Å². The number of amides is 1. The van der Waals surface area contributed by atoms with Crippen LogP contribution in [-0.4, -0.2) is 31.4 Å². The van der Waals surface area contributed by atoms with E-state index in [2.05, 4.69) is 17.6 Å². The molecule has 0 atom stereocenters. The third-order valence-electron chi connectivity index (χ3n) is 4.68. The molecule has 2 rings (SSSR count). The number of carbonyl (C=O) groups excluding carboxylic acids is 1. The molecule has 1 aliphatic rings. The Kier molecular flexibility index (Phi) is 9.06. The van der Waals surface area contributed by atoms with Gasteiger partial charge in [-0.25, -0.2) is 4.79 Å². The van der Waals surface area contributed by atoms with Gasteiger partial charge in [-0.3, -0.25) is 0 Å². The lowest BCUT2D eigenvalue weighted by atomic mass is 9.91. The first kappa shape index (κ1) is 20.8. The number of hydrogen-bond acceptors (Lipinski definition) is 4. The van der Waals surface area contributed by atoms with Crippen LogP contribution in [0.2, 0.25) is 5.02 Å². The second-order valence-electron chi connectivity index (χ2n) is 6.75. The van der Waals surface area contributed by atoms with E-state index in [1.165, 1.54) is 0 Å². The molecule has 26 heavy (non-hydrogen) atoms. The summed E-state index contributed by atoms with van der Waals surface area (Å²) >= 11 is 6.12. The number of hydrogen-bond donors (Lipinski definition) is 2. The van der Waals surface area contributed by atoms with Gasteiger partial charge in [-0.05, 0) is 57.2 Å². The number of ether oxygens (including phenoxy) is 2. The van der Waals surface area contributed by atoms with E-state index in [1.807, 2.05) is 25.1 Å². The average molecular weight is 383 g/mol. The van der Waals surface area contributed by atoms with Crippen LogP contribution in [0.15, 0.2) is 18.2 Å². The van der Waals surface area contributed by atoms with Gasteiger partial charge < -0.3 is 20.1 Å². The van der Waals surface area contributed by atoms with E-state index in [0.29, 0.717) is 19.3 Å². The van der Waals surface area contributed by atoms with E-state index in [0.717, 1.165) is 61.4 Å². The molecular formula is C20H31ClN2O3. The van der Waals surface area contributed by atoms with E-state index in [4.69, 9.17) is 21.1 Å². The van der Waals surface area contributed by atoms with Crippen LogP contribution in [0.5, 0.6) is 5.75 Å². The molecule has 1 aliphatic carbocycles. The Hall–Kier alpha value is -1.46. The van der Waals surface area contributed by atoms with Gasteiger partial charge in [0.05, 0.1) is 13.2 Å².